The summed E-state index contributed by atoms with van der Waals surface area (Å²) in [5.74, 6) is -0.594. The van der Waals surface area contributed by atoms with Gasteiger partial charge < -0.3 is 10.4 Å². The van der Waals surface area contributed by atoms with Gasteiger partial charge in [-0.2, -0.15) is 0 Å². The fourth-order valence-electron chi connectivity index (χ4n) is 2.13. The second-order valence-corrected chi connectivity index (χ2v) is 8.16. The minimum Gasteiger partial charge on any atom is -0.506 e. The van der Waals surface area contributed by atoms with Crippen molar-refractivity contribution in [2.45, 2.75) is 0 Å². The van der Waals surface area contributed by atoms with Crippen molar-refractivity contribution in [2.75, 3.05) is 0 Å². The number of hydrogen-bond donors (Lipinski definition) is 2. The summed E-state index contributed by atoms with van der Waals surface area (Å²) in [6, 6.07) is 7.38. The first-order valence-corrected chi connectivity index (χ1v) is 9.82. The van der Waals surface area contributed by atoms with E-state index >= 15 is 0 Å². The Morgan fingerprint density at radius 2 is 2.07 bits per heavy atom. The molecule has 1 saturated heterocycles. The van der Waals surface area contributed by atoms with E-state index in [-0.39, 0.29) is 32.1 Å². The van der Waals surface area contributed by atoms with Gasteiger partial charge in [0.2, 0.25) is 0 Å². The number of halogens is 3. The monoisotopic (exact) mass is 535 g/mol. The first kappa shape index (κ1) is 19.9. The Morgan fingerprint density at radius 1 is 1.33 bits per heavy atom. The lowest BCUT2D eigenvalue weighted by Gasteiger charge is -2.03. The summed E-state index contributed by atoms with van der Waals surface area (Å²) in [4.78, 5) is 27.1. The molecular weight excluding hydrogens is 528 g/mol. The molecule has 0 aliphatic carbocycles. The molecule has 1 aliphatic rings. The molecule has 2 aromatic carbocycles. The Hall–Kier alpha value is -1.82. The summed E-state index contributed by atoms with van der Waals surface area (Å²) in [6.45, 7) is 0. The third-order valence-electron chi connectivity index (χ3n) is 3.38. The largest absolute Gasteiger partial charge is 0.506 e. The Morgan fingerprint density at radius 3 is 2.78 bits per heavy atom. The quantitative estimate of drug-likeness (QED) is 0.246. The molecule has 11 heteroatoms. The summed E-state index contributed by atoms with van der Waals surface area (Å²) in [5, 5.41) is 24.6. The van der Waals surface area contributed by atoms with Crippen LogP contribution in [0.1, 0.15) is 5.56 Å². The lowest BCUT2D eigenvalue weighted by atomic mass is 10.1. The van der Waals surface area contributed by atoms with E-state index in [2.05, 4.69) is 10.3 Å². The molecule has 0 saturated carbocycles. The first-order chi connectivity index (χ1) is 12.8. The molecule has 0 atom stereocenters. The number of aromatic hydroxyl groups is 1. The molecular formula is C16H8Cl2IN3O4S. The molecule has 1 fully saturated rings. The number of amidine groups is 1. The number of carbonyl (C=O) groups is 1. The van der Waals surface area contributed by atoms with E-state index < -0.39 is 10.8 Å². The van der Waals surface area contributed by atoms with Gasteiger partial charge in [0, 0.05) is 17.7 Å². The van der Waals surface area contributed by atoms with Crippen molar-refractivity contribution in [2.24, 2.45) is 4.99 Å². The van der Waals surface area contributed by atoms with Crippen molar-refractivity contribution in [3.8, 4) is 5.75 Å². The maximum absolute atomic E-state index is 12.2. The smallest absolute Gasteiger partial charge is 0.271 e. The standard InChI is InChI=1S/C16H8Cl2IN3O4S/c17-9-2-1-3-11(13(9)18)20-16-21-15(24)12(27-16)5-7-4-8(22(25)26)6-10(19)14(7)23/h1-6,23H,(H,20,21,24)/b12-5+. The molecule has 27 heavy (non-hydrogen) atoms. The summed E-state index contributed by atoms with van der Waals surface area (Å²) in [6.07, 6.45) is 1.37. The number of non-ortho nitro benzene ring substituents is 1. The van der Waals surface area contributed by atoms with Crippen LogP contribution in [0.4, 0.5) is 11.4 Å². The van der Waals surface area contributed by atoms with E-state index in [4.69, 9.17) is 23.2 Å². The predicted molar refractivity (Wildman–Crippen MR) is 115 cm³/mol. The number of benzene rings is 2. The van der Waals surface area contributed by atoms with Crippen LogP contribution in [-0.4, -0.2) is 21.1 Å². The second-order valence-electron chi connectivity index (χ2n) is 5.18. The molecule has 0 unspecified atom stereocenters. The maximum Gasteiger partial charge on any atom is 0.271 e. The highest BCUT2D eigenvalue weighted by molar-refractivity contribution is 14.1. The third-order valence-corrected chi connectivity index (χ3v) is 5.92. The molecule has 3 rings (SSSR count). The van der Waals surface area contributed by atoms with E-state index in [1.807, 2.05) is 0 Å². The van der Waals surface area contributed by atoms with Gasteiger partial charge in [-0.15, -0.1) is 0 Å². The van der Waals surface area contributed by atoms with Crippen LogP contribution in [-0.2, 0) is 4.79 Å². The lowest BCUT2D eigenvalue weighted by Crippen LogP contribution is -2.19. The molecule has 0 spiro atoms. The average molecular weight is 536 g/mol. The topological polar surface area (TPSA) is 105 Å². The van der Waals surface area contributed by atoms with E-state index in [1.165, 1.54) is 18.2 Å². The molecule has 1 aliphatic heterocycles. The molecule has 0 bridgehead atoms. The van der Waals surface area contributed by atoms with E-state index in [0.717, 1.165) is 11.8 Å². The molecule has 2 N–H and O–H groups in total. The van der Waals surface area contributed by atoms with Crippen molar-refractivity contribution in [1.29, 1.82) is 0 Å². The SMILES string of the molecule is O=C1NC(=Nc2cccc(Cl)c2Cl)S/C1=C/c1cc([N+](=O)[O-])cc(I)c1O. The number of hydrogen-bond acceptors (Lipinski definition) is 6. The fourth-order valence-corrected chi connectivity index (χ4v) is 3.92. The summed E-state index contributed by atoms with van der Waals surface area (Å²) < 4.78 is 0.302. The van der Waals surface area contributed by atoms with Crippen LogP contribution in [0.3, 0.4) is 0 Å². The number of nitro groups is 1. The number of aliphatic imine (C=N–C) groups is 1. The number of amides is 1. The van der Waals surface area contributed by atoms with Gasteiger partial charge in [-0.1, -0.05) is 29.3 Å². The van der Waals surface area contributed by atoms with Crippen LogP contribution >= 0.6 is 57.6 Å². The molecule has 0 aromatic heterocycles. The molecule has 1 heterocycles. The average Bonchev–Trinajstić information content (AvgIpc) is 2.95. The van der Waals surface area contributed by atoms with Gasteiger partial charge in [0.1, 0.15) is 5.75 Å². The van der Waals surface area contributed by atoms with Gasteiger partial charge in [-0.25, -0.2) is 4.99 Å². The number of rotatable bonds is 3. The van der Waals surface area contributed by atoms with Gasteiger partial charge in [-0.05, 0) is 52.6 Å². The zero-order valence-corrected chi connectivity index (χ0v) is 17.6. The van der Waals surface area contributed by atoms with Crippen molar-refractivity contribution in [3.05, 3.63) is 64.5 Å². The highest BCUT2D eigenvalue weighted by atomic mass is 127. The van der Waals surface area contributed by atoms with Gasteiger partial charge in [0.25, 0.3) is 11.6 Å². The minimum absolute atomic E-state index is 0.148. The number of thioether (sulfide) groups is 1. The molecule has 1 amide bonds. The molecule has 0 radical (unpaired) electrons. The predicted octanol–water partition coefficient (Wildman–Crippen LogP) is 5.10. The van der Waals surface area contributed by atoms with Gasteiger partial charge in [0.15, 0.2) is 5.17 Å². The molecule has 7 nitrogen and oxygen atoms in total. The Kier molecular flexibility index (Phi) is 5.94. The third kappa shape index (κ3) is 4.37. The van der Waals surface area contributed by atoms with E-state index in [9.17, 15) is 20.0 Å². The van der Waals surface area contributed by atoms with Gasteiger partial charge in [0.05, 0.1) is 29.1 Å². The number of phenols is 1. The maximum atomic E-state index is 12.2. The van der Waals surface area contributed by atoms with Crippen molar-refractivity contribution >= 4 is 86.1 Å². The van der Waals surface area contributed by atoms with Crippen molar-refractivity contribution < 1.29 is 14.8 Å². The summed E-state index contributed by atoms with van der Waals surface area (Å²) in [7, 11) is 0. The van der Waals surface area contributed by atoms with Crippen LogP contribution in [0.2, 0.25) is 10.0 Å². The number of phenolic OH excluding ortho intramolecular Hbond substituents is 1. The van der Waals surface area contributed by atoms with Crippen LogP contribution in [0.25, 0.3) is 6.08 Å². The Labute approximate surface area is 180 Å². The van der Waals surface area contributed by atoms with E-state index in [0.29, 0.717) is 14.3 Å². The Balaban J connectivity index is 1.96. The van der Waals surface area contributed by atoms with Crippen LogP contribution in [0.5, 0.6) is 5.75 Å². The minimum atomic E-state index is -0.570. The fraction of sp³-hybridized carbons (Fsp3) is 0. The number of nitro benzene ring substituents is 1. The van der Waals surface area contributed by atoms with Gasteiger partial charge in [-0.3, -0.25) is 14.9 Å². The summed E-state index contributed by atoms with van der Waals surface area (Å²) >= 11 is 14.8. The Bertz CT molecular complexity index is 1040. The zero-order valence-electron chi connectivity index (χ0n) is 13.1. The number of carbonyl (C=O) groups excluding carboxylic acids is 1. The van der Waals surface area contributed by atoms with Crippen molar-refractivity contribution in [1.82, 2.24) is 5.32 Å². The number of nitrogens with one attached hydrogen (secondary N) is 1. The second kappa shape index (κ2) is 8.05. The highest BCUT2D eigenvalue weighted by Crippen LogP contribution is 2.36. The van der Waals surface area contributed by atoms with Crippen molar-refractivity contribution in [3.63, 3.8) is 0 Å². The normalized spacial score (nSPS) is 16.8. The lowest BCUT2D eigenvalue weighted by molar-refractivity contribution is -0.385. The van der Waals surface area contributed by atoms with E-state index in [1.54, 1.807) is 40.8 Å². The zero-order chi connectivity index (χ0) is 19.7. The van der Waals surface area contributed by atoms with Crippen LogP contribution in [0.15, 0.2) is 40.2 Å². The highest BCUT2D eigenvalue weighted by Gasteiger charge is 2.25. The van der Waals surface area contributed by atoms with Crippen LogP contribution < -0.4 is 5.32 Å². The first-order valence-electron chi connectivity index (χ1n) is 7.16. The summed E-state index contributed by atoms with van der Waals surface area (Å²) in [5.41, 5.74) is 0.362. The van der Waals surface area contributed by atoms with Crippen LogP contribution in [0, 0.1) is 13.7 Å². The molecule has 138 valence electrons. The van der Waals surface area contributed by atoms with Gasteiger partial charge >= 0.3 is 0 Å². The number of nitrogens with zero attached hydrogens (tertiary/aromatic N) is 2. The molecule has 2 aromatic rings.